The van der Waals surface area contributed by atoms with Crippen molar-refractivity contribution in [2.75, 3.05) is 37.7 Å². The first kappa shape index (κ1) is 26.5. The molecule has 2 aromatic heterocycles. The second kappa shape index (κ2) is 10.00. The summed E-state index contributed by atoms with van der Waals surface area (Å²) in [7, 11) is 0. The zero-order valence-electron chi connectivity index (χ0n) is 23.7. The van der Waals surface area contributed by atoms with E-state index in [1.165, 1.54) is 18.2 Å². The quantitative estimate of drug-likeness (QED) is 0.331. The Morgan fingerprint density at radius 3 is 2.79 bits per heavy atom. The van der Waals surface area contributed by atoms with E-state index in [4.69, 9.17) is 21.1 Å². The molecule has 8 nitrogen and oxygen atoms in total. The number of phenols is 1. The van der Waals surface area contributed by atoms with Crippen molar-refractivity contribution in [1.29, 1.82) is 0 Å². The first-order valence-electron chi connectivity index (χ1n) is 15.0. The average Bonchev–Trinajstić information content (AvgIpc) is 3.65. The molecule has 6 heterocycles. The van der Waals surface area contributed by atoms with Gasteiger partial charge in [-0.15, -0.1) is 6.42 Å². The molecule has 2 unspecified atom stereocenters. The highest BCUT2D eigenvalue weighted by Gasteiger charge is 2.49. The van der Waals surface area contributed by atoms with Gasteiger partial charge in [0.2, 0.25) is 5.88 Å². The van der Waals surface area contributed by atoms with Crippen LogP contribution in [0.1, 0.15) is 37.7 Å². The number of aromatic nitrogens is 3. The fourth-order valence-electron chi connectivity index (χ4n) is 7.83. The van der Waals surface area contributed by atoms with Crippen molar-refractivity contribution in [3.8, 4) is 35.4 Å². The van der Waals surface area contributed by atoms with E-state index in [2.05, 4.69) is 26.0 Å². The van der Waals surface area contributed by atoms with E-state index in [-0.39, 0.29) is 22.7 Å². The van der Waals surface area contributed by atoms with E-state index in [0.29, 0.717) is 59.5 Å². The fraction of sp³-hybridized carbons (Fsp3) is 0.424. The van der Waals surface area contributed by atoms with Gasteiger partial charge in [0.25, 0.3) is 0 Å². The molecule has 4 atom stereocenters. The topological polar surface area (TPSA) is 86.6 Å². The molecule has 4 fully saturated rings. The van der Waals surface area contributed by atoms with Gasteiger partial charge in [-0.1, -0.05) is 12.0 Å². The summed E-state index contributed by atoms with van der Waals surface area (Å²) < 4.78 is 35.6. The van der Waals surface area contributed by atoms with Gasteiger partial charge in [0.1, 0.15) is 24.3 Å². The lowest BCUT2D eigenvalue weighted by molar-refractivity contribution is 0.111. The van der Waals surface area contributed by atoms with Gasteiger partial charge < -0.3 is 20.1 Å². The fourth-order valence-corrected chi connectivity index (χ4v) is 7.83. The van der Waals surface area contributed by atoms with Crippen LogP contribution in [0, 0.1) is 18.2 Å². The molecule has 220 valence electrons. The Kier molecular flexibility index (Phi) is 6.17. The number of anilines is 1. The molecule has 2 aromatic carbocycles. The maximum atomic E-state index is 14.8. The number of rotatable bonds is 5. The lowest BCUT2D eigenvalue weighted by Gasteiger charge is -2.35. The molecule has 4 saturated heterocycles. The number of aromatic hydroxyl groups is 1. The minimum Gasteiger partial charge on any atom is -0.508 e. The maximum Gasteiger partial charge on any atom is 0.217 e. The number of nitrogens with zero attached hydrogens (tertiary/aromatic N) is 5. The molecule has 4 aliphatic heterocycles. The first-order chi connectivity index (χ1) is 20.9. The standard InChI is InChI=1S/C33H32F2N6O2/c1-2-24-27(35)7-4-19-10-23(42)11-25(30(19)24)31-36-14-26-28(40-16-21-5-6-22(17-40)37-21)12-29(38-32(26)39-31)43-18-33-8-3-9-41(33)15-20(34)13-33/h1,4,7,10-12,14,20-22,37,42H,3,5-6,8-9,13,15-18H2/t20-,21?,22?,33+/m1/s1. The molecule has 0 saturated carbocycles. The lowest BCUT2D eigenvalue weighted by Crippen LogP contribution is -2.51. The molecule has 2 N–H and O–H groups in total. The maximum absolute atomic E-state index is 14.8. The monoisotopic (exact) mass is 582 g/mol. The summed E-state index contributed by atoms with van der Waals surface area (Å²) in [6.45, 7) is 3.40. The van der Waals surface area contributed by atoms with Crippen LogP contribution in [0.4, 0.5) is 14.5 Å². The number of piperazine rings is 1. The van der Waals surface area contributed by atoms with E-state index >= 15 is 0 Å². The Bertz CT molecular complexity index is 1800. The molecule has 10 heteroatoms. The molecule has 4 aromatic rings. The van der Waals surface area contributed by atoms with Crippen molar-refractivity contribution in [3.05, 3.63) is 47.9 Å². The van der Waals surface area contributed by atoms with Crippen LogP contribution in [-0.4, -0.2) is 81.5 Å². The molecule has 43 heavy (non-hydrogen) atoms. The summed E-state index contributed by atoms with van der Waals surface area (Å²) in [4.78, 5) is 18.9. The smallest absolute Gasteiger partial charge is 0.217 e. The third-order valence-electron chi connectivity index (χ3n) is 9.76. The largest absolute Gasteiger partial charge is 0.508 e. The van der Waals surface area contributed by atoms with E-state index in [1.807, 2.05) is 6.07 Å². The van der Waals surface area contributed by atoms with Crippen molar-refractivity contribution < 1.29 is 18.6 Å². The number of hydrogen-bond acceptors (Lipinski definition) is 8. The molecular formula is C33H32F2N6O2. The van der Waals surface area contributed by atoms with Gasteiger partial charge in [0, 0.05) is 61.4 Å². The van der Waals surface area contributed by atoms with Crippen LogP contribution < -0.4 is 15.0 Å². The number of ether oxygens (including phenoxy) is 1. The summed E-state index contributed by atoms with van der Waals surface area (Å²) in [5.41, 5.74) is 1.56. The Morgan fingerprint density at radius 1 is 1.14 bits per heavy atom. The summed E-state index contributed by atoms with van der Waals surface area (Å²) in [5.74, 6) is 2.61. The SMILES string of the molecule is C#Cc1c(F)ccc2cc(O)cc(-c3ncc4c(N5CC6CCC(C5)N6)cc(OC[C@@]56CCCN5C[C@H](F)C6)nc4n3)c12. The Balaban J connectivity index is 1.24. The Hall–Kier alpha value is -4.07. The third kappa shape index (κ3) is 4.45. The molecule has 4 aliphatic rings. The van der Waals surface area contributed by atoms with E-state index in [1.54, 1.807) is 12.3 Å². The van der Waals surface area contributed by atoms with Crippen LogP contribution in [0.5, 0.6) is 11.6 Å². The number of hydrogen-bond donors (Lipinski definition) is 2. The Labute approximate surface area is 248 Å². The van der Waals surface area contributed by atoms with Gasteiger partial charge in [-0.05, 0) is 55.8 Å². The van der Waals surface area contributed by atoms with Crippen LogP contribution in [0.3, 0.4) is 0 Å². The number of fused-ring (bicyclic) bond motifs is 5. The highest BCUT2D eigenvalue weighted by Crippen LogP contribution is 2.41. The second-order valence-electron chi connectivity index (χ2n) is 12.5. The number of halogens is 2. The number of terminal acetylenes is 1. The zero-order valence-corrected chi connectivity index (χ0v) is 23.7. The molecule has 0 aliphatic carbocycles. The number of phenolic OH excluding ortho intramolecular Hbond substituents is 1. The number of pyridine rings is 1. The van der Waals surface area contributed by atoms with Crippen molar-refractivity contribution in [2.24, 2.45) is 0 Å². The second-order valence-corrected chi connectivity index (χ2v) is 12.5. The highest BCUT2D eigenvalue weighted by molar-refractivity contribution is 6.01. The Morgan fingerprint density at radius 2 is 1.98 bits per heavy atom. The molecule has 0 spiro atoms. The van der Waals surface area contributed by atoms with Crippen LogP contribution in [0.25, 0.3) is 33.2 Å². The minimum atomic E-state index is -0.842. The zero-order chi connectivity index (χ0) is 29.3. The predicted octanol–water partition coefficient (Wildman–Crippen LogP) is 4.57. The summed E-state index contributed by atoms with van der Waals surface area (Å²) in [6.07, 6.45) is 11.3. The normalized spacial score (nSPS) is 26.7. The molecule has 0 amide bonds. The van der Waals surface area contributed by atoms with Crippen LogP contribution in [0.2, 0.25) is 0 Å². The van der Waals surface area contributed by atoms with Gasteiger partial charge in [-0.3, -0.25) is 4.90 Å². The highest BCUT2D eigenvalue weighted by atomic mass is 19.1. The summed E-state index contributed by atoms with van der Waals surface area (Å²) >= 11 is 0. The molecule has 2 bridgehead atoms. The molecule has 8 rings (SSSR count). The van der Waals surface area contributed by atoms with Crippen molar-refractivity contribution in [1.82, 2.24) is 25.2 Å². The van der Waals surface area contributed by atoms with Gasteiger partial charge in [0.05, 0.1) is 22.2 Å². The first-order valence-corrected chi connectivity index (χ1v) is 15.0. The molecule has 0 radical (unpaired) electrons. The van der Waals surface area contributed by atoms with Crippen molar-refractivity contribution >= 4 is 27.5 Å². The number of benzene rings is 2. The van der Waals surface area contributed by atoms with E-state index < -0.39 is 12.0 Å². The number of alkyl halides is 1. The summed E-state index contributed by atoms with van der Waals surface area (Å²) in [6, 6.07) is 8.69. The van der Waals surface area contributed by atoms with Crippen LogP contribution in [0.15, 0.2) is 36.5 Å². The predicted molar refractivity (Wildman–Crippen MR) is 161 cm³/mol. The molecular weight excluding hydrogens is 550 g/mol. The van der Waals surface area contributed by atoms with E-state index in [0.717, 1.165) is 56.4 Å². The van der Waals surface area contributed by atoms with Crippen molar-refractivity contribution in [3.63, 3.8) is 0 Å². The average molecular weight is 583 g/mol. The van der Waals surface area contributed by atoms with E-state index in [9.17, 15) is 13.9 Å². The number of nitrogens with one attached hydrogen (secondary N) is 1. The van der Waals surface area contributed by atoms with Gasteiger partial charge >= 0.3 is 0 Å². The van der Waals surface area contributed by atoms with Crippen LogP contribution >= 0.6 is 0 Å². The summed E-state index contributed by atoms with van der Waals surface area (Å²) in [5, 5.41) is 16.0. The third-order valence-corrected chi connectivity index (χ3v) is 9.76. The van der Waals surface area contributed by atoms with Crippen molar-refractivity contribution in [2.45, 2.75) is 55.9 Å². The van der Waals surface area contributed by atoms with Gasteiger partial charge in [-0.2, -0.15) is 4.98 Å². The van der Waals surface area contributed by atoms with Gasteiger partial charge in [-0.25, -0.2) is 18.7 Å². The lowest BCUT2D eigenvalue weighted by atomic mass is 9.95. The van der Waals surface area contributed by atoms with Gasteiger partial charge in [0.15, 0.2) is 11.5 Å². The minimum absolute atomic E-state index is 0.00842. The van der Waals surface area contributed by atoms with Crippen LogP contribution in [-0.2, 0) is 0 Å².